The number of aliphatic hydroxyl groups is 1. The van der Waals surface area contributed by atoms with Crippen molar-refractivity contribution < 1.29 is 33.6 Å². The first kappa shape index (κ1) is 27.9. The van der Waals surface area contributed by atoms with E-state index < -0.39 is 23.3 Å². The van der Waals surface area contributed by atoms with Crippen molar-refractivity contribution in [3.8, 4) is 17.2 Å². The zero-order chi connectivity index (χ0) is 26.5. The van der Waals surface area contributed by atoms with Gasteiger partial charge in [-0.3, -0.25) is 4.90 Å². The molecule has 1 amide bonds. The second-order valence-electron chi connectivity index (χ2n) is 9.61. The Hall–Kier alpha value is -2.70. The molecule has 0 aromatic heterocycles. The maximum absolute atomic E-state index is 12.8. The molecule has 2 aromatic rings. The quantitative estimate of drug-likeness (QED) is 0.184. The van der Waals surface area contributed by atoms with Gasteiger partial charge in [-0.1, -0.05) is 6.07 Å². The van der Waals surface area contributed by atoms with Crippen LogP contribution in [0.3, 0.4) is 0 Å². The molecular weight excluding hydrogens is 486 g/mol. The van der Waals surface area contributed by atoms with E-state index in [0.29, 0.717) is 24.3 Å². The molecule has 1 unspecified atom stereocenters. The van der Waals surface area contributed by atoms with Gasteiger partial charge in [0.05, 0.1) is 18.9 Å². The normalized spacial score (nSPS) is 15.8. The Morgan fingerprint density at radius 3 is 2.67 bits per heavy atom. The number of carbonyl (C=O) groups is 1. The number of methoxy groups -OCH3 is 1. The van der Waals surface area contributed by atoms with Crippen LogP contribution in [-0.4, -0.2) is 48.3 Å². The van der Waals surface area contributed by atoms with Crippen LogP contribution in [0.4, 0.5) is 10.5 Å². The van der Waals surface area contributed by atoms with Crippen LogP contribution in [0.25, 0.3) is 0 Å². The molecule has 2 aromatic carbocycles. The van der Waals surface area contributed by atoms with Crippen molar-refractivity contribution in [3.63, 3.8) is 0 Å². The molecule has 1 atom stereocenters. The number of phenols is 1. The minimum absolute atomic E-state index is 0.0917. The molecular formula is C25H35N3O7S. The summed E-state index contributed by atoms with van der Waals surface area (Å²) in [6.07, 6.45) is 1.04. The average Bonchev–Trinajstić information content (AvgIpc) is 2.83. The third-order valence-electron chi connectivity index (χ3n) is 6.08. The summed E-state index contributed by atoms with van der Waals surface area (Å²) in [4.78, 5) is 19.6. The highest BCUT2D eigenvalue weighted by Gasteiger charge is 2.39. The van der Waals surface area contributed by atoms with Gasteiger partial charge in [0.1, 0.15) is 11.4 Å². The lowest BCUT2D eigenvalue weighted by Gasteiger charge is -2.40. The number of nitrogens with zero attached hydrogens (tertiary/aromatic N) is 1. The summed E-state index contributed by atoms with van der Waals surface area (Å²) in [5.41, 5.74) is 3.30. The van der Waals surface area contributed by atoms with Crippen LogP contribution in [0, 0.1) is 0 Å². The van der Waals surface area contributed by atoms with Crippen LogP contribution in [-0.2, 0) is 14.6 Å². The van der Waals surface area contributed by atoms with Crippen molar-refractivity contribution in [2.75, 3.05) is 31.4 Å². The number of β-amino-alcohol motifs (C(OH)–C–C–N with tert-alkyl or cyclic N) is 1. The van der Waals surface area contributed by atoms with Gasteiger partial charge in [-0.25, -0.2) is 4.79 Å². The molecule has 3 rings (SSSR count). The molecule has 0 radical (unpaired) electrons. The molecule has 198 valence electrons. The number of phenolic OH excluding ortho intramolecular Hbond substituents is 1. The zero-order valence-electron chi connectivity index (χ0n) is 21.5. The molecule has 0 saturated heterocycles. The maximum atomic E-state index is 12.8. The molecule has 0 bridgehead atoms. The molecule has 0 fully saturated rings. The van der Waals surface area contributed by atoms with E-state index in [-0.39, 0.29) is 18.0 Å². The number of ether oxygens (including phenoxy) is 2. The van der Waals surface area contributed by atoms with Crippen molar-refractivity contribution in [2.24, 2.45) is 0 Å². The number of aliphatic hydroxyl groups excluding tert-OH is 1. The lowest BCUT2D eigenvalue weighted by Crippen LogP contribution is -2.48. The Morgan fingerprint density at radius 1 is 1.22 bits per heavy atom. The number of hydrogen-bond acceptors (Lipinski definition) is 10. The highest BCUT2D eigenvalue weighted by atomic mass is 32.2. The third-order valence-corrected chi connectivity index (χ3v) is 6.31. The molecule has 1 aliphatic rings. The smallest absolute Gasteiger partial charge is 0.415 e. The highest BCUT2D eigenvalue weighted by molar-refractivity contribution is 7.93. The van der Waals surface area contributed by atoms with E-state index >= 15 is 0 Å². The van der Waals surface area contributed by atoms with Gasteiger partial charge in [0, 0.05) is 42.5 Å². The molecule has 0 spiro atoms. The van der Waals surface area contributed by atoms with Crippen molar-refractivity contribution in [1.82, 2.24) is 11.0 Å². The fourth-order valence-electron chi connectivity index (χ4n) is 3.88. The summed E-state index contributed by atoms with van der Waals surface area (Å²) in [6, 6.07) is 10.2. The van der Waals surface area contributed by atoms with E-state index in [0.717, 1.165) is 23.3 Å². The Bertz CT molecular complexity index is 1060. The predicted octanol–water partition coefficient (Wildman–Crippen LogP) is 4.18. The van der Waals surface area contributed by atoms with Gasteiger partial charge in [0.15, 0.2) is 11.5 Å². The van der Waals surface area contributed by atoms with E-state index in [9.17, 15) is 15.0 Å². The number of fused-ring (bicyclic) bond motifs is 1. The van der Waals surface area contributed by atoms with E-state index in [4.69, 9.17) is 18.6 Å². The SMILES string of the molecule is COc1ccc2c(c1)C(C)(C)OC(=O)N2CCC(C)(C)NCC(O)c1ccc(O)c(ONOSC)c1. The first-order valence-corrected chi connectivity index (χ1v) is 12.7. The van der Waals surface area contributed by atoms with Crippen LogP contribution in [0.2, 0.25) is 0 Å². The standard InChI is InChI=1S/C25H35N3O7S/c1-24(2,26-15-21(30)16-7-10-20(29)22(13-16)34-27-35-36-6)11-12-28-19-9-8-17(32-5)14-18(19)25(3,4)33-23(28)31/h7-10,13-14,21,26-27,29-30H,11-12,15H2,1-6H3. The summed E-state index contributed by atoms with van der Waals surface area (Å²) in [6.45, 7) is 8.39. The summed E-state index contributed by atoms with van der Waals surface area (Å²) in [5.74, 6) is 0.735. The Morgan fingerprint density at radius 2 is 1.97 bits per heavy atom. The summed E-state index contributed by atoms with van der Waals surface area (Å²) >= 11 is 1.05. The van der Waals surface area contributed by atoms with E-state index in [2.05, 4.69) is 11.0 Å². The fraction of sp³-hybridized carbons (Fsp3) is 0.480. The number of hydrogen-bond donors (Lipinski definition) is 4. The summed E-state index contributed by atoms with van der Waals surface area (Å²) < 4.78 is 15.9. The first-order chi connectivity index (χ1) is 17.0. The Kier molecular flexibility index (Phi) is 8.96. The maximum Gasteiger partial charge on any atom is 0.415 e. The van der Waals surface area contributed by atoms with Gasteiger partial charge >= 0.3 is 6.09 Å². The minimum atomic E-state index is -0.859. The topological polar surface area (TPSA) is 122 Å². The average molecular weight is 522 g/mol. The molecule has 0 saturated carbocycles. The van der Waals surface area contributed by atoms with E-state index in [1.54, 1.807) is 24.3 Å². The number of anilines is 1. The number of nitrogens with one attached hydrogen (secondary N) is 2. The molecule has 0 aliphatic carbocycles. The molecule has 11 heteroatoms. The van der Waals surface area contributed by atoms with Gasteiger partial charge in [0.25, 0.3) is 0 Å². The second kappa shape index (κ2) is 11.6. The van der Waals surface area contributed by atoms with Gasteiger partial charge in [0.2, 0.25) is 0 Å². The summed E-state index contributed by atoms with van der Waals surface area (Å²) in [7, 11) is 1.60. The Balaban J connectivity index is 1.63. The van der Waals surface area contributed by atoms with Crippen LogP contribution in [0.15, 0.2) is 36.4 Å². The lowest BCUT2D eigenvalue weighted by molar-refractivity contribution is -0.00335. The number of amides is 1. The molecule has 1 aliphatic heterocycles. The number of benzene rings is 2. The monoisotopic (exact) mass is 521 g/mol. The Labute approximate surface area is 216 Å². The van der Waals surface area contributed by atoms with Crippen molar-refractivity contribution >= 4 is 23.8 Å². The third kappa shape index (κ3) is 6.74. The lowest BCUT2D eigenvalue weighted by atomic mass is 9.93. The number of rotatable bonds is 12. The van der Waals surface area contributed by atoms with Crippen molar-refractivity contribution in [1.29, 1.82) is 0 Å². The molecule has 10 nitrogen and oxygen atoms in total. The number of carbonyl (C=O) groups excluding carboxylic acids is 1. The van der Waals surface area contributed by atoms with Crippen LogP contribution in [0.5, 0.6) is 17.2 Å². The molecule has 36 heavy (non-hydrogen) atoms. The van der Waals surface area contributed by atoms with Crippen LogP contribution >= 0.6 is 12.0 Å². The minimum Gasteiger partial charge on any atom is -0.504 e. The molecule has 1 heterocycles. The zero-order valence-corrected chi connectivity index (χ0v) is 22.3. The van der Waals surface area contributed by atoms with Gasteiger partial charge in [-0.05, 0) is 75.7 Å². The van der Waals surface area contributed by atoms with Crippen LogP contribution < -0.4 is 25.4 Å². The largest absolute Gasteiger partial charge is 0.504 e. The predicted molar refractivity (Wildman–Crippen MR) is 138 cm³/mol. The van der Waals surface area contributed by atoms with Crippen molar-refractivity contribution in [3.05, 3.63) is 47.5 Å². The van der Waals surface area contributed by atoms with Gasteiger partial charge in [-0.15, -0.1) is 0 Å². The van der Waals surface area contributed by atoms with E-state index in [1.165, 1.54) is 12.1 Å². The van der Waals surface area contributed by atoms with Crippen molar-refractivity contribution in [2.45, 2.75) is 51.4 Å². The van der Waals surface area contributed by atoms with Gasteiger partial charge < -0.3 is 29.8 Å². The number of aromatic hydroxyl groups is 1. The van der Waals surface area contributed by atoms with Gasteiger partial charge in [-0.2, -0.15) is 4.28 Å². The number of cyclic esters (lactones) is 1. The second-order valence-corrected chi connectivity index (χ2v) is 10.1. The first-order valence-electron chi connectivity index (χ1n) is 11.5. The fourth-order valence-corrected chi connectivity index (χ4v) is 3.99. The van der Waals surface area contributed by atoms with E-state index in [1.807, 2.05) is 45.9 Å². The van der Waals surface area contributed by atoms with Crippen LogP contribution in [0.1, 0.15) is 51.3 Å². The summed E-state index contributed by atoms with van der Waals surface area (Å²) in [5, 5.41) is 24.0. The molecule has 4 N–H and O–H groups in total. The highest BCUT2D eigenvalue weighted by Crippen LogP contribution is 2.41.